The predicted molar refractivity (Wildman–Crippen MR) is 135 cm³/mol. The van der Waals surface area contributed by atoms with Crippen LogP contribution in [0.4, 0.5) is 17.6 Å². The lowest BCUT2D eigenvalue weighted by atomic mass is 10.1. The number of aromatic amines is 2. The number of H-pyrrole nitrogens is 2. The molecule has 4 heterocycles. The zero-order valence-electron chi connectivity index (χ0n) is 20.2. The molecule has 2 aromatic heterocycles. The molecule has 10 heteroatoms. The lowest BCUT2D eigenvalue weighted by molar-refractivity contribution is 0.0201. The minimum absolute atomic E-state index is 0.266. The maximum Gasteiger partial charge on any atom is 0.262 e. The SMILES string of the molecule is FC1(F)CNC(c2ncc(-c3ccc(C#Cc4ccc(-c5cnc(C6CC(F)(F)CN6)[nH]5)cc4)cc3)[nH]2)C1. The fourth-order valence-corrected chi connectivity index (χ4v) is 4.75. The van der Waals surface area contributed by atoms with Gasteiger partial charge in [0.1, 0.15) is 11.6 Å². The maximum absolute atomic E-state index is 13.5. The van der Waals surface area contributed by atoms with Gasteiger partial charge in [0.15, 0.2) is 0 Å². The highest BCUT2D eigenvalue weighted by molar-refractivity contribution is 5.62. The van der Waals surface area contributed by atoms with Crippen LogP contribution < -0.4 is 10.6 Å². The smallest absolute Gasteiger partial charge is 0.262 e. The zero-order chi connectivity index (χ0) is 26.3. The van der Waals surface area contributed by atoms with E-state index in [4.69, 9.17) is 0 Å². The van der Waals surface area contributed by atoms with Gasteiger partial charge in [-0.3, -0.25) is 0 Å². The molecule has 2 aliphatic rings. The summed E-state index contributed by atoms with van der Waals surface area (Å²) in [5.74, 6) is 1.87. The summed E-state index contributed by atoms with van der Waals surface area (Å²) in [6, 6.07) is 14.2. The van der Waals surface area contributed by atoms with E-state index in [1.54, 1.807) is 12.4 Å². The number of hydrogen-bond acceptors (Lipinski definition) is 4. The van der Waals surface area contributed by atoms with Crippen molar-refractivity contribution in [1.29, 1.82) is 0 Å². The standard InChI is InChI=1S/C28H24F4N6/c29-27(30)11-21(35-15-27)25-33-13-23(37-25)19-7-3-17(4-8-19)1-2-18-5-9-20(10-6-18)24-14-34-26(38-24)22-12-28(31,32)16-36-22/h3-10,13-14,21-22,35-36H,11-12,15-16H2,(H,33,37)(H,34,38). The summed E-state index contributed by atoms with van der Waals surface area (Å²) in [7, 11) is 0. The number of imidazole rings is 2. The second-order valence-corrected chi connectivity index (χ2v) is 9.76. The highest BCUT2D eigenvalue weighted by atomic mass is 19.3. The van der Waals surface area contributed by atoms with Crippen LogP contribution in [-0.2, 0) is 0 Å². The average molecular weight is 521 g/mol. The van der Waals surface area contributed by atoms with Gasteiger partial charge in [0.05, 0.1) is 49.0 Å². The van der Waals surface area contributed by atoms with E-state index in [9.17, 15) is 17.6 Å². The molecular formula is C28H24F4N6. The van der Waals surface area contributed by atoms with Gasteiger partial charge in [-0.2, -0.15) is 0 Å². The first-order valence-electron chi connectivity index (χ1n) is 12.3. The van der Waals surface area contributed by atoms with Gasteiger partial charge < -0.3 is 20.6 Å². The van der Waals surface area contributed by atoms with E-state index in [-0.39, 0.29) is 25.9 Å². The lowest BCUT2D eigenvalue weighted by Gasteiger charge is -2.06. The number of nitrogens with zero attached hydrogens (tertiary/aromatic N) is 2. The molecule has 2 fully saturated rings. The largest absolute Gasteiger partial charge is 0.341 e. The summed E-state index contributed by atoms with van der Waals surface area (Å²) >= 11 is 0. The number of benzene rings is 2. The van der Waals surface area contributed by atoms with E-state index in [1.807, 2.05) is 48.5 Å². The minimum Gasteiger partial charge on any atom is -0.341 e. The molecule has 4 N–H and O–H groups in total. The van der Waals surface area contributed by atoms with E-state index in [0.717, 1.165) is 33.6 Å². The molecule has 0 aliphatic carbocycles. The van der Waals surface area contributed by atoms with Crippen molar-refractivity contribution in [2.45, 2.75) is 36.8 Å². The van der Waals surface area contributed by atoms with Crippen molar-refractivity contribution in [2.24, 2.45) is 0 Å². The van der Waals surface area contributed by atoms with E-state index in [1.165, 1.54) is 0 Å². The summed E-state index contributed by atoms with van der Waals surface area (Å²) < 4.78 is 53.9. The summed E-state index contributed by atoms with van der Waals surface area (Å²) in [5, 5.41) is 5.61. The first-order valence-corrected chi connectivity index (χ1v) is 12.3. The first kappa shape index (κ1) is 24.4. The van der Waals surface area contributed by atoms with Crippen LogP contribution in [-0.4, -0.2) is 44.9 Å². The number of halogens is 4. The molecule has 2 aliphatic heterocycles. The Kier molecular flexibility index (Phi) is 6.05. The fourth-order valence-electron chi connectivity index (χ4n) is 4.75. The molecule has 2 aromatic carbocycles. The van der Waals surface area contributed by atoms with Crippen LogP contribution >= 0.6 is 0 Å². The Morgan fingerprint density at radius 2 is 1.03 bits per heavy atom. The molecule has 38 heavy (non-hydrogen) atoms. The highest BCUT2D eigenvalue weighted by Crippen LogP contribution is 2.34. The molecule has 0 saturated carbocycles. The molecule has 0 spiro atoms. The summed E-state index contributed by atoms with van der Waals surface area (Å²) in [6.45, 7) is -0.675. The number of alkyl halides is 4. The normalized spacial score (nSPS) is 21.8. The second-order valence-electron chi connectivity index (χ2n) is 9.76. The van der Waals surface area contributed by atoms with E-state index in [0.29, 0.717) is 11.6 Å². The van der Waals surface area contributed by atoms with Crippen molar-refractivity contribution in [1.82, 2.24) is 30.6 Å². The third-order valence-corrected chi connectivity index (χ3v) is 6.81. The molecule has 4 aromatic rings. The van der Waals surface area contributed by atoms with Crippen LogP contribution in [0.3, 0.4) is 0 Å². The van der Waals surface area contributed by atoms with Crippen molar-refractivity contribution < 1.29 is 17.6 Å². The quantitative estimate of drug-likeness (QED) is 0.220. The first-order chi connectivity index (χ1) is 18.2. The predicted octanol–water partition coefficient (Wildman–Crippen LogP) is 5.21. The van der Waals surface area contributed by atoms with Crippen LogP contribution in [0.5, 0.6) is 0 Å². The van der Waals surface area contributed by atoms with Crippen molar-refractivity contribution in [3.05, 3.63) is 83.7 Å². The Bertz CT molecular complexity index is 1380. The van der Waals surface area contributed by atoms with Crippen LogP contribution in [0.25, 0.3) is 22.5 Å². The van der Waals surface area contributed by atoms with Crippen LogP contribution in [0.2, 0.25) is 0 Å². The monoisotopic (exact) mass is 520 g/mol. The van der Waals surface area contributed by atoms with Gasteiger partial charge in [-0.25, -0.2) is 27.5 Å². The molecule has 0 amide bonds. The van der Waals surface area contributed by atoms with Gasteiger partial charge in [-0.15, -0.1) is 0 Å². The molecule has 6 rings (SSSR count). The molecule has 0 bridgehead atoms. The van der Waals surface area contributed by atoms with Crippen molar-refractivity contribution in [3.8, 4) is 34.4 Å². The Morgan fingerprint density at radius 3 is 1.37 bits per heavy atom. The third-order valence-electron chi connectivity index (χ3n) is 6.81. The highest BCUT2D eigenvalue weighted by Gasteiger charge is 2.41. The van der Waals surface area contributed by atoms with Gasteiger partial charge >= 0.3 is 0 Å². The van der Waals surface area contributed by atoms with E-state index >= 15 is 0 Å². The van der Waals surface area contributed by atoms with E-state index in [2.05, 4.69) is 42.4 Å². The average Bonchev–Trinajstić information content (AvgIpc) is 3.70. The Morgan fingerprint density at radius 1 is 0.632 bits per heavy atom. The second kappa shape index (κ2) is 9.42. The van der Waals surface area contributed by atoms with Crippen LogP contribution in [0.15, 0.2) is 60.9 Å². The third kappa shape index (κ3) is 5.21. The van der Waals surface area contributed by atoms with Crippen molar-refractivity contribution in [2.75, 3.05) is 13.1 Å². The topological polar surface area (TPSA) is 81.4 Å². The van der Waals surface area contributed by atoms with Crippen molar-refractivity contribution >= 4 is 0 Å². The fraction of sp³-hybridized carbons (Fsp3) is 0.286. The van der Waals surface area contributed by atoms with Gasteiger partial charge in [-0.1, -0.05) is 36.1 Å². The summed E-state index contributed by atoms with van der Waals surface area (Å²) in [5.41, 5.74) is 4.94. The summed E-state index contributed by atoms with van der Waals surface area (Å²) in [4.78, 5) is 14.8. The number of nitrogens with one attached hydrogen (secondary N) is 4. The number of aromatic nitrogens is 4. The van der Waals surface area contributed by atoms with E-state index < -0.39 is 23.9 Å². The molecule has 0 radical (unpaired) electrons. The molecule has 2 unspecified atom stereocenters. The maximum atomic E-state index is 13.5. The zero-order valence-corrected chi connectivity index (χ0v) is 20.2. The molecule has 194 valence electrons. The Labute approximate surface area is 216 Å². The van der Waals surface area contributed by atoms with Crippen LogP contribution in [0, 0.1) is 11.8 Å². The van der Waals surface area contributed by atoms with Gasteiger partial charge in [0.2, 0.25) is 0 Å². The molecule has 2 saturated heterocycles. The molecule has 6 nitrogen and oxygen atoms in total. The minimum atomic E-state index is -2.71. The van der Waals surface area contributed by atoms with Crippen LogP contribution in [0.1, 0.15) is 47.7 Å². The summed E-state index contributed by atoms with van der Waals surface area (Å²) in [6.07, 6.45) is 2.77. The Balaban J connectivity index is 1.09. The van der Waals surface area contributed by atoms with Gasteiger partial charge in [0, 0.05) is 24.0 Å². The van der Waals surface area contributed by atoms with Gasteiger partial charge in [0.25, 0.3) is 11.8 Å². The van der Waals surface area contributed by atoms with Gasteiger partial charge in [-0.05, 0) is 35.4 Å². The Hall–Kier alpha value is -3.94. The number of rotatable bonds is 4. The number of hydrogen-bond donors (Lipinski definition) is 4. The molecule has 2 atom stereocenters. The lowest BCUT2D eigenvalue weighted by Crippen LogP contribution is -2.19. The van der Waals surface area contributed by atoms with Crippen molar-refractivity contribution in [3.63, 3.8) is 0 Å². The molecular weight excluding hydrogens is 496 g/mol.